The van der Waals surface area contributed by atoms with Gasteiger partial charge in [0.2, 0.25) is 0 Å². The van der Waals surface area contributed by atoms with Crippen molar-refractivity contribution in [1.82, 2.24) is 5.32 Å². The highest BCUT2D eigenvalue weighted by molar-refractivity contribution is 7.09. The average molecular weight is 281 g/mol. The van der Waals surface area contributed by atoms with Gasteiger partial charge in [0.05, 0.1) is 10.6 Å². The lowest BCUT2D eigenvalue weighted by atomic mass is 10.2. The molecule has 0 bridgehead atoms. The third kappa shape index (κ3) is 3.24. The zero-order valence-electron chi connectivity index (χ0n) is 9.65. The van der Waals surface area contributed by atoms with Crippen molar-refractivity contribution in [1.29, 1.82) is 0 Å². The van der Waals surface area contributed by atoms with Crippen molar-refractivity contribution in [2.24, 2.45) is 0 Å². The number of nitrogens with two attached hydrogens (primary N) is 1. The fourth-order valence-electron chi connectivity index (χ4n) is 1.56. The molecule has 1 aromatic carbocycles. The Balaban J connectivity index is 1.91. The summed E-state index contributed by atoms with van der Waals surface area (Å²) in [6, 6.07) is 8.93. The van der Waals surface area contributed by atoms with Gasteiger partial charge in [0, 0.05) is 17.1 Å². The Morgan fingerprint density at radius 2 is 2.22 bits per heavy atom. The van der Waals surface area contributed by atoms with Crippen LogP contribution in [0.1, 0.15) is 15.2 Å². The van der Waals surface area contributed by atoms with Gasteiger partial charge in [-0.25, -0.2) is 0 Å². The number of nitrogen functional groups attached to an aromatic ring is 1. The van der Waals surface area contributed by atoms with Gasteiger partial charge in [-0.15, -0.1) is 11.3 Å². The molecule has 0 fully saturated rings. The van der Waals surface area contributed by atoms with E-state index in [1.807, 2.05) is 17.5 Å². The highest BCUT2D eigenvalue weighted by Gasteiger charge is 2.09. The van der Waals surface area contributed by atoms with Gasteiger partial charge < -0.3 is 11.1 Å². The summed E-state index contributed by atoms with van der Waals surface area (Å²) in [5, 5.41) is 5.24. The first-order valence-electron chi connectivity index (χ1n) is 5.52. The molecule has 0 radical (unpaired) electrons. The van der Waals surface area contributed by atoms with Gasteiger partial charge in [-0.2, -0.15) is 0 Å². The number of amides is 1. The van der Waals surface area contributed by atoms with E-state index < -0.39 is 0 Å². The molecule has 0 saturated carbocycles. The average Bonchev–Trinajstić information content (AvgIpc) is 2.81. The zero-order chi connectivity index (χ0) is 13.0. The Hall–Kier alpha value is -1.52. The number of nitrogens with one attached hydrogen (secondary N) is 1. The largest absolute Gasteiger partial charge is 0.399 e. The molecule has 0 aliphatic carbocycles. The molecular formula is C13H13ClN2OS. The van der Waals surface area contributed by atoms with Crippen LogP contribution in [-0.4, -0.2) is 12.5 Å². The zero-order valence-corrected chi connectivity index (χ0v) is 11.2. The molecular weight excluding hydrogens is 268 g/mol. The van der Waals surface area contributed by atoms with Crippen molar-refractivity contribution in [3.05, 3.63) is 51.2 Å². The molecule has 0 aliphatic heterocycles. The number of halogens is 1. The highest BCUT2D eigenvalue weighted by Crippen LogP contribution is 2.19. The Morgan fingerprint density at radius 3 is 2.89 bits per heavy atom. The maximum Gasteiger partial charge on any atom is 0.252 e. The fourth-order valence-corrected chi connectivity index (χ4v) is 2.55. The molecule has 5 heteroatoms. The van der Waals surface area contributed by atoms with Crippen molar-refractivity contribution < 1.29 is 4.79 Å². The monoisotopic (exact) mass is 280 g/mol. The van der Waals surface area contributed by atoms with Gasteiger partial charge in [0.1, 0.15) is 0 Å². The van der Waals surface area contributed by atoms with Crippen LogP contribution in [0.25, 0.3) is 0 Å². The van der Waals surface area contributed by atoms with Crippen molar-refractivity contribution >= 4 is 34.5 Å². The maximum atomic E-state index is 11.9. The van der Waals surface area contributed by atoms with Gasteiger partial charge in [-0.05, 0) is 36.1 Å². The summed E-state index contributed by atoms with van der Waals surface area (Å²) in [6.07, 6.45) is 0.829. The predicted molar refractivity (Wildman–Crippen MR) is 76.2 cm³/mol. The van der Waals surface area contributed by atoms with Crippen molar-refractivity contribution in [3.63, 3.8) is 0 Å². The minimum absolute atomic E-state index is 0.170. The number of anilines is 1. The molecule has 0 unspecified atom stereocenters. The molecule has 0 atom stereocenters. The van der Waals surface area contributed by atoms with Gasteiger partial charge in [0.25, 0.3) is 5.91 Å². The van der Waals surface area contributed by atoms with E-state index in [9.17, 15) is 4.79 Å². The second kappa shape index (κ2) is 5.89. The summed E-state index contributed by atoms with van der Waals surface area (Å²) in [5.41, 5.74) is 6.58. The van der Waals surface area contributed by atoms with Gasteiger partial charge in [-0.3, -0.25) is 4.79 Å². The summed E-state index contributed by atoms with van der Waals surface area (Å²) >= 11 is 7.65. The van der Waals surface area contributed by atoms with Crippen LogP contribution in [0.3, 0.4) is 0 Å². The van der Waals surface area contributed by atoms with E-state index in [0.717, 1.165) is 6.42 Å². The first kappa shape index (κ1) is 12.9. The molecule has 0 saturated heterocycles. The molecule has 1 aromatic heterocycles. The van der Waals surface area contributed by atoms with E-state index in [1.54, 1.807) is 29.5 Å². The Kier molecular flexibility index (Phi) is 4.23. The molecule has 3 nitrogen and oxygen atoms in total. The lowest BCUT2D eigenvalue weighted by molar-refractivity contribution is 0.0954. The first-order chi connectivity index (χ1) is 8.66. The predicted octanol–water partition coefficient (Wildman–Crippen LogP) is 2.96. The second-order valence-electron chi connectivity index (χ2n) is 3.82. The third-order valence-electron chi connectivity index (χ3n) is 2.47. The van der Waals surface area contributed by atoms with Crippen molar-refractivity contribution in [2.45, 2.75) is 6.42 Å². The van der Waals surface area contributed by atoms with E-state index in [4.69, 9.17) is 17.3 Å². The summed E-state index contributed by atoms with van der Waals surface area (Å²) in [4.78, 5) is 13.1. The lowest BCUT2D eigenvalue weighted by Gasteiger charge is -2.06. The SMILES string of the molecule is Nc1ccc(C(=O)NCCc2cccs2)c(Cl)c1. The fraction of sp³-hybridized carbons (Fsp3) is 0.154. The van der Waals surface area contributed by atoms with Gasteiger partial charge >= 0.3 is 0 Å². The van der Waals surface area contributed by atoms with Crippen LogP contribution in [-0.2, 0) is 6.42 Å². The smallest absolute Gasteiger partial charge is 0.252 e. The molecule has 1 amide bonds. The quantitative estimate of drug-likeness (QED) is 0.846. The molecule has 18 heavy (non-hydrogen) atoms. The first-order valence-corrected chi connectivity index (χ1v) is 6.78. The minimum atomic E-state index is -0.170. The van der Waals surface area contributed by atoms with Crippen LogP contribution in [0.4, 0.5) is 5.69 Å². The number of rotatable bonds is 4. The van der Waals surface area contributed by atoms with Crippen LogP contribution < -0.4 is 11.1 Å². The van der Waals surface area contributed by atoms with E-state index in [0.29, 0.717) is 22.8 Å². The summed E-state index contributed by atoms with van der Waals surface area (Å²) < 4.78 is 0. The molecule has 2 rings (SSSR count). The van der Waals surface area contributed by atoms with E-state index >= 15 is 0 Å². The van der Waals surface area contributed by atoms with Crippen LogP contribution in [0.2, 0.25) is 5.02 Å². The number of hydrogen-bond donors (Lipinski definition) is 2. The van der Waals surface area contributed by atoms with E-state index in [1.165, 1.54) is 4.88 Å². The molecule has 2 aromatic rings. The van der Waals surface area contributed by atoms with Crippen molar-refractivity contribution in [2.75, 3.05) is 12.3 Å². The summed E-state index contributed by atoms with van der Waals surface area (Å²) in [5.74, 6) is -0.170. The maximum absolute atomic E-state index is 11.9. The van der Waals surface area contributed by atoms with Crippen LogP contribution in [0.15, 0.2) is 35.7 Å². The topological polar surface area (TPSA) is 55.1 Å². The number of thiophene rings is 1. The number of benzene rings is 1. The number of carbonyl (C=O) groups is 1. The van der Waals surface area contributed by atoms with Crippen molar-refractivity contribution in [3.8, 4) is 0 Å². The number of carbonyl (C=O) groups excluding carboxylic acids is 1. The Morgan fingerprint density at radius 1 is 1.39 bits per heavy atom. The Labute approximate surface area is 115 Å². The van der Waals surface area contributed by atoms with E-state index in [-0.39, 0.29) is 5.91 Å². The Bertz CT molecular complexity index is 540. The summed E-state index contributed by atoms with van der Waals surface area (Å²) in [6.45, 7) is 0.597. The van der Waals surface area contributed by atoms with Crippen LogP contribution in [0.5, 0.6) is 0 Å². The number of hydrogen-bond acceptors (Lipinski definition) is 3. The minimum Gasteiger partial charge on any atom is -0.399 e. The molecule has 0 aliphatic rings. The van der Waals surface area contributed by atoms with Gasteiger partial charge in [0.15, 0.2) is 0 Å². The highest BCUT2D eigenvalue weighted by atomic mass is 35.5. The second-order valence-corrected chi connectivity index (χ2v) is 5.26. The van der Waals surface area contributed by atoms with Crippen LogP contribution in [0, 0.1) is 0 Å². The molecule has 0 spiro atoms. The lowest BCUT2D eigenvalue weighted by Crippen LogP contribution is -2.25. The normalized spacial score (nSPS) is 10.3. The van der Waals surface area contributed by atoms with E-state index in [2.05, 4.69) is 5.32 Å². The van der Waals surface area contributed by atoms with Crippen LogP contribution >= 0.6 is 22.9 Å². The standard InChI is InChI=1S/C13H13ClN2OS/c14-12-8-9(15)3-4-11(12)13(17)16-6-5-10-2-1-7-18-10/h1-4,7-8H,5-6,15H2,(H,16,17). The molecule has 1 heterocycles. The summed E-state index contributed by atoms with van der Waals surface area (Å²) in [7, 11) is 0. The molecule has 3 N–H and O–H groups in total. The van der Waals surface area contributed by atoms with Gasteiger partial charge in [-0.1, -0.05) is 17.7 Å². The molecule has 94 valence electrons. The third-order valence-corrected chi connectivity index (χ3v) is 3.72.